The van der Waals surface area contributed by atoms with Gasteiger partial charge in [0.2, 0.25) is 0 Å². The Labute approximate surface area is 142 Å². The van der Waals surface area contributed by atoms with Crippen LogP contribution < -0.4 is 16.4 Å². The third kappa shape index (κ3) is 3.77. The third-order valence-electron chi connectivity index (χ3n) is 4.80. The van der Waals surface area contributed by atoms with Gasteiger partial charge in [-0.1, -0.05) is 19.3 Å². The summed E-state index contributed by atoms with van der Waals surface area (Å²) in [4.78, 5) is 19.1. The molecule has 7 nitrogen and oxygen atoms in total. The highest BCUT2D eigenvalue weighted by atomic mass is 16.1. The van der Waals surface area contributed by atoms with E-state index in [1.165, 1.54) is 6.42 Å². The number of aliphatic imine (C=N–C) groups is 1. The molecule has 2 aliphatic heterocycles. The average Bonchev–Trinajstić information content (AvgIpc) is 3.10. The molecule has 0 bridgehead atoms. The molecule has 1 saturated heterocycles. The Morgan fingerprint density at radius 1 is 1.25 bits per heavy atom. The Morgan fingerprint density at radius 2 is 1.96 bits per heavy atom. The van der Waals surface area contributed by atoms with Gasteiger partial charge in [0.1, 0.15) is 23.1 Å². The molecule has 3 rings (SSSR count). The van der Waals surface area contributed by atoms with Gasteiger partial charge in [-0.25, -0.2) is 4.99 Å². The molecule has 0 radical (unpaired) electrons. The normalized spacial score (nSPS) is 23.5. The number of likely N-dealkylation sites (tertiary alicyclic amines) is 1. The van der Waals surface area contributed by atoms with Crippen LogP contribution in [0.2, 0.25) is 0 Å². The molecule has 0 unspecified atom stereocenters. The standard InChI is InChI=1S/C17H26N6O/c18-15(19)14(17(24)21-12-6-2-1-3-7-12)16-20-9-8-13(22-16)23-10-4-5-11-23/h8-9,12,22H,1-7,10-11H2,(H3,18,19)(H,21,24)/b16-14-. The smallest absolute Gasteiger partial charge is 0.259 e. The Kier molecular flexibility index (Phi) is 5.17. The van der Waals surface area contributed by atoms with Crippen molar-refractivity contribution in [1.29, 1.82) is 5.41 Å². The summed E-state index contributed by atoms with van der Waals surface area (Å²) in [6, 6.07) is 0.169. The number of amidine groups is 1. The van der Waals surface area contributed by atoms with E-state index < -0.39 is 0 Å². The molecule has 2 fully saturated rings. The number of nitrogens with one attached hydrogen (secondary N) is 3. The largest absolute Gasteiger partial charge is 0.383 e. The molecule has 1 saturated carbocycles. The Bertz CT molecular complexity index is 594. The Morgan fingerprint density at radius 3 is 2.62 bits per heavy atom. The first kappa shape index (κ1) is 16.5. The van der Waals surface area contributed by atoms with Crippen molar-refractivity contribution >= 4 is 18.0 Å². The van der Waals surface area contributed by atoms with E-state index in [-0.39, 0.29) is 23.4 Å². The minimum atomic E-state index is -0.309. The molecular weight excluding hydrogens is 304 g/mol. The fraction of sp³-hybridized carbons (Fsp3) is 0.588. The number of nitrogens with two attached hydrogens (primary N) is 1. The maximum absolute atomic E-state index is 12.6. The van der Waals surface area contributed by atoms with E-state index >= 15 is 0 Å². The van der Waals surface area contributed by atoms with Gasteiger partial charge < -0.3 is 21.3 Å². The third-order valence-corrected chi connectivity index (χ3v) is 4.80. The van der Waals surface area contributed by atoms with Gasteiger partial charge in [-0.15, -0.1) is 0 Å². The van der Waals surface area contributed by atoms with Crippen molar-refractivity contribution in [2.45, 2.75) is 51.0 Å². The van der Waals surface area contributed by atoms with Gasteiger partial charge in [0, 0.05) is 25.3 Å². The predicted molar refractivity (Wildman–Crippen MR) is 94.5 cm³/mol. The maximum Gasteiger partial charge on any atom is 0.259 e. The van der Waals surface area contributed by atoms with E-state index in [1.807, 2.05) is 6.08 Å². The van der Waals surface area contributed by atoms with Crippen LogP contribution >= 0.6 is 0 Å². The van der Waals surface area contributed by atoms with E-state index in [2.05, 4.69) is 20.5 Å². The van der Waals surface area contributed by atoms with E-state index in [1.54, 1.807) is 6.21 Å². The second-order valence-corrected chi connectivity index (χ2v) is 6.59. The first-order valence-electron chi connectivity index (χ1n) is 8.81. The molecule has 3 aliphatic rings. The molecule has 1 aliphatic carbocycles. The minimum absolute atomic E-state index is 0.127. The van der Waals surface area contributed by atoms with Crippen molar-refractivity contribution in [1.82, 2.24) is 15.5 Å². The summed E-state index contributed by atoms with van der Waals surface area (Å²) in [5, 5.41) is 14.0. The van der Waals surface area contributed by atoms with Crippen molar-refractivity contribution < 1.29 is 4.79 Å². The van der Waals surface area contributed by atoms with E-state index in [4.69, 9.17) is 11.1 Å². The molecule has 0 aromatic rings. The topological polar surface area (TPSA) is 107 Å². The lowest BCUT2D eigenvalue weighted by molar-refractivity contribution is -0.117. The fourth-order valence-corrected chi connectivity index (χ4v) is 3.51. The molecule has 5 N–H and O–H groups in total. The van der Waals surface area contributed by atoms with Crippen LogP contribution in [0, 0.1) is 5.41 Å². The highest BCUT2D eigenvalue weighted by molar-refractivity contribution is 6.19. The lowest BCUT2D eigenvalue weighted by Gasteiger charge is -2.26. The Hall–Kier alpha value is -2.31. The van der Waals surface area contributed by atoms with E-state index in [9.17, 15) is 4.79 Å². The highest BCUT2D eigenvalue weighted by Crippen LogP contribution is 2.20. The number of hydrogen-bond acceptors (Lipinski definition) is 5. The summed E-state index contributed by atoms with van der Waals surface area (Å²) in [5.41, 5.74) is 5.82. The van der Waals surface area contributed by atoms with Crippen molar-refractivity contribution in [3.63, 3.8) is 0 Å². The summed E-state index contributed by atoms with van der Waals surface area (Å²) < 4.78 is 0. The summed E-state index contributed by atoms with van der Waals surface area (Å²) in [6.45, 7) is 1.98. The highest BCUT2D eigenvalue weighted by Gasteiger charge is 2.25. The van der Waals surface area contributed by atoms with Crippen LogP contribution in [-0.4, -0.2) is 42.0 Å². The summed E-state index contributed by atoms with van der Waals surface area (Å²) in [5.74, 6) is 0.712. The van der Waals surface area contributed by atoms with Crippen LogP contribution in [0.3, 0.4) is 0 Å². The van der Waals surface area contributed by atoms with Crippen LogP contribution in [0.4, 0.5) is 0 Å². The van der Waals surface area contributed by atoms with Crippen molar-refractivity contribution in [3.05, 3.63) is 23.3 Å². The second-order valence-electron chi connectivity index (χ2n) is 6.59. The van der Waals surface area contributed by atoms with E-state index in [0.29, 0.717) is 5.82 Å². The van der Waals surface area contributed by atoms with Crippen LogP contribution in [0.15, 0.2) is 28.3 Å². The molecule has 0 aromatic heterocycles. The summed E-state index contributed by atoms with van der Waals surface area (Å²) in [6.07, 6.45) is 11.4. The van der Waals surface area contributed by atoms with Crippen molar-refractivity contribution in [3.8, 4) is 0 Å². The first-order chi connectivity index (χ1) is 11.6. The number of nitrogens with zero attached hydrogens (tertiary/aromatic N) is 2. The van der Waals surface area contributed by atoms with Crippen LogP contribution in [-0.2, 0) is 4.79 Å². The average molecular weight is 330 g/mol. The molecule has 0 aromatic carbocycles. The maximum atomic E-state index is 12.6. The quantitative estimate of drug-likeness (QED) is 0.353. The number of hydrogen-bond donors (Lipinski definition) is 4. The number of allylic oxidation sites excluding steroid dienone is 1. The molecule has 1 amide bonds. The molecule has 130 valence electrons. The zero-order valence-corrected chi connectivity index (χ0v) is 14.0. The number of carbonyl (C=O) groups is 1. The number of amides is 1. The van der Waals surface area contributed by atoms with Crippen molar-refractivity contribution in [2.75, 3.05) is 13.1 Å². The lowest BCUT2D eigenvalue weighted by Crippen LogP contribution is -2.42. The van der Waals surface area contributed by atoms with Gasteiger partial charge in [-0.3, -0.25) is 10.2 Å². The van der Waals surface area contributed by atoms with Gasteiger partial charge in [0.15, 0.2) is 0 Å². The summed E-state index contributed by atoms with van der Waals surface area (Å²) in [7, 11) is 0. The van der Waals surface area contributed by atoms with Crippen LogP contribution in [0.25, 0.3) is 0 Å². The molecule has 0 atom stereocenters. The lowest BCUT2D eigenvalue weighted by atomic mass is 9.95. The van der Waals surface area contributed by atoms with E-state index in [0.717, 1.165) is 57.4 Å². The Balaban J connectivity index is 1.75. The molecule has 0 spiro atoms. The van der Waals surface area contributed by atoms with Crippen molar-refractivity contribution in [2.24, 2.45) is 10.7 Å². The first-order valence-corrected chi connectivity index (χ1v) is 8.81. The van der Waals surface area contributed by atoms with Gasteiger partial charge in [0.05, 0.1) is 0 Å². The van der Waals surface area contributed by atoms with Crippen LogP contribution in [0.1, 0.15) is 44.9 Å². The molecular formula is C17H26N6O. The summed E-state index contributed by atoms with van der Waals surface area (Å²) >= 11 is 0. The number of rotatable bonds is 4. The van der Waals surface area contributed by atoms with Crippen LogP contribution in [0.5, 0.6) is 0 Å². The van der Waals surface area contributed by atoms with Gasteiger partial charge in [0.25, 0.3) is 5.91 Å². The fourth-order valence-electron chi connectivity index (χ4n) is 3.51. The minimum Gasteiger partial charge on any atom is -0.383 e. The SMILES string of the molecule is N=C(N)/C(C(=O)NC1CCCCC1)=C1\N=CC=C(N2CCCC2)N1. The predicted octanol–water partition coefficient (Wildman–Crippen LogP) is 1.19. The second kappa shape index (κ2) is 7.51. The zero-order valence-electron chi connectivity index (χ0n) is 14.0. The zero-order chi connectivity index (χ0) is 16.9. The van der Waals surface area contributed by atoms with Gasteiger partial charge in [-0.2, -0.15) is 0 Å². The van der Waals surface area contributed by atoms with Gasteiger partial charge in [-0.05, 0) is 31.8 Å². The molecule has 24 heavy (non-hydrogen) atoms. The monoisotopic (exact) mass is 330 g/mol. The molecule has 7 heteroatoms. The molecule has 2 heterocycles. The van der Waals surface area contributed by atoms with Gasteiger partial charge >= 0.3 is 0 Å². The number of carbonyl (C=O) groups excluding carboxylic acids is 1.